The highest BCUT2D eigenvalue weighted by atomic mass is 32.1. The lowest BCUT2D eigenvalue weighted by molar-refractivity contribution is 0.00520. The van der Waals surface area contributed by atoms with Gasteiger partial charge in [-0.25, -0.2) is 4.79 Å². The summed E-state index contributed by atoms with van der Waals surface area (Å²) in [5.41, 5.74) is 0.905. The van der Waals surface area contributed by atoms with E-state index in [0.717, 1.165) is 19.6 Å². The minimum absolute atomic E-state index is 0.216. The molecule has 3 rings (SSSR count). The van der Waals surface area contributed by atoms with Crippen LogP contribution in [0.25, 0.3) is 10.1 Å². The molecule has 4 nitrogen and oxygen atoms in total. The number of carbonyl (C=O) groups is 1. The normalized spacial score (nSPS) is 15.9. The molecule has 0 saturated carbocycles. The molecule has 1 aliphatic rings. The third kappa shape index (κ3) is 3.42. The van der Waals surface area contributed by atoms with Crippen LogP contribution in [0.3, 0.4) is 0 Å². The average molecular weight is 318 g/mol. The Morgan fingerprint density at radius 1 is 1.36 bits per heavy atom. The zero-order valence-corrected chi connectivity index (χ0v) is 14.1. The van der Waals surface area contributed by atoms with Crippen molar-refractivity contribution in [3.63, 3.8) is 0 Å². The molecule has 0 spiro atoms. The first kappa shape index (κ1) is 15.3. The van der Waals surface area contributed by atoms with Crippen molar-refractivity contribution in [3.8, 4) is 0 Å². The van der Waals surface area contributed by atoms with E-state index < -0.39 is 5.60 Å². The van der Waals surface area contributed by atoms with Gasteiger partial charge >= 0.3 is 6.09 Å². The molecule has 5 heteroatoms. The van der Waals surface area contributed by atoms with Crippen LogP contribution in [-0.4, -0.2) is 35.7 Å². The Kier molecular flexibility index (Phi) is 4.10. The number of thiophene rings is 1. The lowest BCUT2D eigenvalue weighted by Crippen LogP contribution is -2.60. The fourth-order valence-corrected chi connectivity index (χ4v) is 3.47. The number of nitrogens with one attached hydrogen (secondary N) is 1. The summed E-state index contributed by atoms with van der Waals surface area (Å²) < 4.78 is 6.68. The summed E-state index contributed by atoms with van der Waals surface area (Å²) in [7, 11) is 0. The summed E-state index contributed by atoms with van der Waals surface area (Å²) in [6.45, 7) is 7.96. The molecule has 1 amide bonds. The second kappa shape index (κ2) is 5.89. The molecule has 0 bridgehead atoms. The number of ether oxygens (including phenoxy) is 1. The Balaban J connectivity index is 1.48. The number of rotatable bonds is 3. The van der Waals surface area contributed by atoms with Gasteiger partial charge in [-0.2, -0.15) is 0 Å². The van der Waals surface area contributed by atoms with Crippen LogP contribution in [0.2, 0.25) is 0 Å². The summed E-state index contributed by atoms with van der Waals surface area (Å²) >= 11 is 1.78. The van der Waals surface area contributed by atoms with Crippen LogP contribution in [0.1, 0.15) is 26.3 Å². The molecular weight excluding hydrogens is 296 g/mol. The van der Waals surface area contributed by atoms with Crippen molar-refractivity contribution in [3.05, 3.63) is 35.2 Å². The van der Waals surface area contributed by atoms with E-state index in [4.69, 9.17) is 4.74 Å². The molecule has 1 aromatic heterocycles. The second-order valence-electron chi connectivity index (χ2n) is 6.72. The van der Waals surface area contributed by atoms with Crippen molar-refractivity contribution < 1.29 is 9.53 Å². The van der Waals surface area contributed by atoms with Crippen molar-refractivity contribution in [1.29, 1.82) is 0 Å². The van der Waals surface area contributed by atoms with E-state index in [0.29, 0.717) is 6.04 Å². The Labute approximate surface area is 135 Å². The van der Waals surface area contributed by atoms with Gasteiger partial charge in [0.05, 0.1) is 0 Å². The molecular formula is C17H22N2O2S. The number of likely N-dealkylation sites (tertiary alicyclic amines) is 1. The van der Waals surface area contributed by atoms with Gasteiger partial charge in [0.15, 0.2) is 0 Å². The predicted octanol–water partition coefficient (Wildman–Crippen LogP) is 3.61. The summed E-state index contributed by atoms with van der Waals surface area (Å²) in [5.74, 6) is 0. The van der Waals surface area contributed by atoms with Crippen LogP contribution >= 0.6 is 11.3 Å². The van der Waals surface area contributed by atoms with Gasteiger partial charge in [0, 0.05) is 30.4 Å². The Morgan fingerprint density at radius 2 is 2.09 bits per heavy atom. The molecule has 1 aromatic carbocycles. The molecule has 2 aromatic rings. The smallest absolute Gasteiger partial charge is 0.410 e. The SMILES string of the molecule is CC(C)(C)OC(=O)N1CC(NCc2csc3ccccc23)C1. The first-order valence-corrected chi connectivity index (χ1v) is 8.47. The third-order valence-corrected chi connectivity index (χ3v) is 4.69. The monoisotopic (exact) mass is 318 g/mol. The molecule has 2 heterocycles. The van der Waals surface area contributed by atoms with E-state index in [1.807, 2.05) is 20.8 Å². The minimum atomic E-state index is -0.425. The van der Waals surface area contributed by atoms with E-state index >= 15 is 0 Å². The molecule has 0 aliphatic carbocycles. The molecule has 1 N–H and O–H groups in total. The summed E-state index contributed by atoms with van der Waals surface area (Å²) in [6, 6.07) is 8.81. The number of fused-ring (bicyclic) bond motifs is 1. The summed E-state index contributed by atoms with van der Waals surface area (Å²) in [5, 5.41) is 7.05. The van der Waals surface area contributed by atoms with Crippen molar-refractivity contribution in [2.45, 2.75) is 39.0 Å². The quantitative estimate of drug-likeness (QED) is 0.940. The van der Waals surface area contributed by atoms with Gasteiger partial charge in [-0.3, -0.25) is 0 Å². The van der Waals surface area contributed by atoms with E-state index in [1.54, 1.807) is 16.2 Å². The molecule has 118 valence electrons. The fourth-order valence-electron chi connectivity index (χ4n) is 2.51. The molecule has 1 saturated heterocycles. The van der Waals surface area contributed by atoms with Gasteiger partial charge in [-0.05, 0) is 43.2 Å². The number of nitrogens with zero attached hydrogens (tertiary/aromatic N) is 1. The Morgan fingerprint density at radius 3 is 2.82 bits per heavy atom. The second-order valence-corrected chi connectivity index (χ2v) is 7.63. The molecule has 22 heavy (non-hydrogen) atoms. The minimum Gasteiger partial charge on any atom is -0.444 e. The number of benzene rings is 1. The van der Waals surface area contributed by atoms with Gasteiger partial charge in [-0.15, -0.1) is 11.3 Å². The topological polar surface area (TPSA) is 41.6 Å². The average Bonchev–Trinajstić information content (AvgIpc) is 2.78. The highest BCUT2D eigenvalue weighted by Gasteiger charge is 2.33. The molecule has 0 radical (unpaired) electrons. The zero-order chi connectivity index (χ0) is 15.7. The Hall–Kier alpha value is -1.59. The van der Waals surface area contributed by atoms with Gasteiger partial charge < -0.3 is 15.0 Å². The van der Waals surface area contributed by atoms with E-state index in [9.17, 15) is 4.79 Å². The number of amides is 1. The van der Waals surface area contributed by atoms with Gasteiger partial charge in [0.2, 0.25) is 0 Å². The van der Waals surface area contributed by atoms with Crippen molar-refractivity contribution in [2.24, 2.45) is 0 Å². The third-order valence-electron chi connectivity index (χ3n) is 3.68. The zero-order valence-electron chi connectivity index (χ0n) is 13.3. The van der Waals surface area contributed by atoms with Crippen molar-refractivity contribution >= 4 is 27.5 Å². The highest BCUT2D eigenvalue weighted by Crippen LogP contribution is 2.25. The Bertz CT molecular complexity index is 669. The van der Waals surface area contributed by atoms with E-state index in [1.165, 1.54) is 15.6 Å². The lowest BCUT2D eigenvalue weighted by atomic mass is 10.1. The van der Waals surface area contributed by atoms with E-state index in [-0.39, 0.29) is 6.09 Å². The van der Waals surface area contributed by atoms with Crippen molar-refractivity contribution in [2.75, 3.05) is 13.1 Å². The van der Waals surface area contributed by atoms with Crippen LogP contribution in [-0.2, 0) is 11.3 Å². The lowest BCUT2D eigenvalue weighted by Gasteiger charge is -2.40. The standard InChI is InChI=1S/C17H22N2O2S/c1-17(2,3)21-16(20)19-9-13(10-19)18-8-12-11-22-15-7-5-4-6-14(12)15/h4-7,11,13,18H,8-10H2,1-3H3. The number of carbonyl (C=O) groups excluding carboxylic acids is 1. The molecule has 0 unspecified atom stereocenters. The molecule has 0 atom stereocenters. The van der Waals surface area contributed by atoms with Crippen LogP contribution in [0.5, 0.6) is 0 Å². The number of hydrogen-bond donors (Lipinski definition) is 1. The maximum absolute atomic E-state index is 11.9. The largest absolute Gasteiger partial charge is 0.444 e. The number of hydrogen-bond acceptors (Lipinski definition) is 4. The highest BCUT2D eigenvalue weighted by molar-refractivity contribution is 7.17. The van der Waals surface area contributed by atoms with Gasteiger partial charge in [-0.1, -0.05) is 18.2 Å². The first-order chi connectivity index (χ1) is 10.4. The predicted molar refractivity (Wildman–Crippen MR) is 90.3 cm³/mol. The first-order valence-electron chi connectivity index (χ1n) is 7.59. The van der Waals surface area contributed by atoms with Gasteiger partial charge in [0.1, 0.15) is 5.60 Å². The summed E-state index contributed by atoms with van der Waals surface area (Å²) in [4.78, 5) is 13.6. The maximum atomic E-state index is 11.9. The maximum Gasteiger partial charge on any atom is 0.410 e. The van der Waals surface area contributed by atoms with E-state index in [2.05, 4.69) is 35.0 Å². The summed E-state index contributed by atoms with van der Waals surface area (Å²) in [6.07, 6.45) is -0.216. The van der Waals surface area contributed by atoms with Crippen LogP contribution in [0.4, 0.5) is 4.79 Å². The van der Waals surface area contributed by atoms with Crippen molar-refractivity contribution in [1.82, 2.24) is 10.2 Å². The molecule has 1 aliphatic heterocycles. The van der Waals surface area contributed by atoms with Crippen LogP contribution in [0, 0.1) is 0 Å². The van der Waals surface area contributed by atoms with Crippen LogP contribution < -0.4 is 5.32 Å². The molecule has 1 fully saturated rings. The van der Waals surface area contributed by atoms with Gasteiger partial charge in [0.25, 0.3) is 0 Å². The fraction of sp³-hybridized carbons (Fsp3) is 0.471. The van der Waals surface area contributed by atoms with Crippen LogP contribution in [0.15, 0.2) is 29.6 Å².